The zero-order valence-corrected chi connectivity index (χ0v) is 12.0. The van der Waals surface area contributed by atoms with Gasteiger partial charge in [0.2, 0.25) is 0 Å². The first-order valence-electron chi connectivity index (χ1n) is 6.90. The Kier molecular flexibility index (Phi) is 3.37. The largest absolute Gasteiger partial charge is 0.469 e. The second kappa shape index (κ2) is 5.20. The molecule has 2 heterocycles. The van der Waals surface area contributed by atoms with E-state index in [1.807, 2.05) is 13.0 Å². The number of carbonyl (C=O) groups excluding carboxylic acids is 2. The van der Waals surface area contributed by atoms with Crippen LogP contribution in [-0.4, -0.2) is 46.9 Å². The molecule has 0 radical (unpaired) electrons. The highest BCUT2D eigenvalue weighted by Gasteiger charge is 2.37. The standard InChI is InChI=1S/C15H17N3O3/c1-9-6-18(7-11(9)15(20)21-2)14(19)10-3-4-12-13(5-10)17-8-16-12/h3-5,8-9,11H,6-7H2,1-2H3,(H,16,17). The summed E-state index contributed by atoms with van der Waals surface area (Å²) in [6.07, 6.45) is 1.60. The number of nitrogens with zero attached hydrogens (tertiary/aromatic N) is 2. The minimum atomic E-state index is -0.248. The normalized spacial score (nSPS) is 21.7. The van der Waals surface area contributed by atoms with Crippen molar-refractivity contribution in [3.8, 4) is 0 Å². The summed E-state index contributed by atoms with van der Waals surface area (Å²) in [6, 6.07) is 5.37. The van der Waals surface area contributed by atoms with Crippen LogP contribution >= 0.6 is 0 Å². The molecule has 6 nitrogen and oxygen atoms in total. The lowest BCUT2D eigenvalue weighted by Crippen LogP contribution is -2.30. The third-order valence-corrected chi connectivity index (χ3v) is 4.07. The molecule has 1 amide bonds. The fraction of sp³-hybridized carbons (Fsp3) is 0.400. The zero-order chi connectivity index (χ0) is 15.0. The molecule has 110 valence electrons. The van der Waals surface area contributed by atoms with Gasteiger partial charge in [-0.1, -0.05) is 6.92 Å². The summed E-state index contributed by atoms with van der Waals surface area (Å²) in [4.78, 5) is 33.1. The fourth-order valence-corrected chi connectivity index (χ4v) is 2.84. The van der Waals surface area contributed by atoms with Gasteiger partial charge < -0.3 is 14.6 Å². The van der Waals surface area contributed by atoms with Crippen LogP contribution < -0.4 is 0 Å². The number of aromatic amines is 1. The van der Waals surface area contributed by atoms with Gasteiger partial charge in [0.15, 0.2) is 0 Å². The number of rotatable bonds is 2. The topological polar surface area (TPSA) is 75.3 Å². The van der Waals surface area contributed by atoms with Crippen LogP contribution in [0.5, 0.6) is 0 Å². The van der Waals surface area contributed by atoms with Crippen molar-refractivity contribution in [2.24, 2.45) is 11.8 Å². The molecule has 2 unspecified atom stereocenters. The van der Waals surface area contributed by atoms with E-state index in [-0.39, 0.29) is 23.7 Å². The lowest BCUT2D eigenvalue weighted by atomic mass is 9.99. The number of H-pyrrole nitrogens is 1. The van der Waals surface area contributed by atoms with E-state index >= 15 is 0 Å². The highest BCUT2D eigenvalue weighted by molar-refractivity contribution is 5.97. The van der Waals surface area contributed by atoms with Crippen LogP contribution in [0.3, 0.4) is 0 Å². The summed E-state index contributed by atoms with van der Waals surface area (Å²) in [7, 11) is 1.38. The van der Waals surface area contributed by atoms with Crippen LogP contribution in [0.15, 0.2) is 24.5 Å². The van der Waals surface area contributed by atoms with Crippen molar-refractivity contribution >= 4 is 22.9 Å². The molecule has 1 saturated heterocycles. The van der Waals surface area contributed by atoms with Gasteiger partial charge in [0.05, 0.1) is 30.4 Å². The molecule has 1 aromatic carbocycles. The van der Waals surface area contributed by atoms with Crippen LogP contribution in [0.2, 0.25) is 0 Å². The van der Waals surface area contributed by atoms with Gasteiger partial charge in [0.1, 0.15) is 0 Å². The van der Waals surface area contributed by atoms with E-state index in [0.29, 0.717) is 18.7 Å². The first kappa shape index (κ1) is 13.6. The second-order valence-electron chi connectivity index (χ2n) is 5.45. The number of amides is 1. The molecule has 0 bridgehead atoms. The second-order valence-corrected chi connectivity index (χ2v) is 5.45. The summed E-state index contributed by atoms with van der Waals surface area (Å²) >= 11 is 0. The van der Waals surface area contributed by atoms with Crippen LogP contribution in [0.4, 0.5) is 0 Å². The van der Waals surface area contributed by atoms with Crippen molar-refractivity contribution in [3.05, 3.63) is 30.1 Å². The summed E-state index contributed by atoms with van der Waals surface area (Å²) in [5.74, 6) is -0.446. The molecule has 21 heavy (non-hydrogen) atoms. The number of hydrogen-bond acceptors (Lipinski definition) is 4. The van der Waals surface area contributed by atoms with Crippen molar-refractivity contribution in [1.29, 1.82) is 0 Å². The third-order valence-electron chi connectivity index (χ3n) is 4.07. The number of imidazole rings is 1. The fourth-order valence-electron chi connectivity index (χ4n) is 2.84. The molecule has 1 fully saturated rings. The van der Waals surface area contributed by atoms with Crippen molar-refractivity contribution in [3.63, 3.8) is 0 Å². The Morgan fingerprint density at radius 1 is 1.38 bits per heavy atom. The highest BCUT2D eigenvalue weighted by atomic mass is 16.5. The third kappa shape index (κ3) is 2.37. The number of esters is 1. The predicted molar refractivity (Wildman–Crippen MR) is 76.7 cm³/mol. The Bertz CT molecular complexity index is 694. The zero-order valence-electron chi connectivity index (χ0n) is 12.0. The van der Waals surface area contributed by atoms with E-state index in [2.05, 4.69) is 9.97 Å². The van der Waals surface area contributed by atoms with Gasteiger partial charge in [-0.05, 0) is 24.1 Å². The van der Waals surface area contributed by atoms with E-state index < -0.39 is 0 Å². The number of hydrogen-bond donors (Lipinski definition) is 1. The molecule has 1 aliphatic heterocycles. The molecule has 0 aliphatic carbocycles. The summed E-state index contributed by atoms with van der Waals surface area (Å²) in [5.41, 5.74) is 2.26. The van der Waals surface area contributed by atoms with Crippen LogP contribution in [0.25, 0.3) is 11.0 Å². The lowest BCUT2D eigenvalue weighted by Gasteiger charge is -2.16. The number of carbonyl (C=O) groups is 2. The van der Waals surface area contributed by atoms with Crippen LogP contribution in [-0.2, 0) is 9.53 Å². The van der Waals surface area contributed by atoms with E-state index in [4.69, 9.17) is 4.74 Å². The SMILES string of the molecule is COC(=O)C1CN(C(=O)c2ccc3nc[nH]c3c2)CC1C. The molecule has 1 aliphatic rings. The first-order chi connectivity index (χ1) is 10.1. The molecule has 2 aromatic rings. The molecule has 0 saturated carbocycles. The molecular formula is C15H17N3O3. The number of methoxy groups -OCH3 is 1. The number of nitrogens with one attached hydrogen (secondary N) is 1. The Morgan fingerprint density at radius 3 is 2.95 bits per heavy atom. The van der Waals surface area contributed by atoms with Gasteiger partial charge in [-0.2, -0.15) is 0 Å². The van der Waals surface area contributed by atoms with Gasteiger partial charge in [0.25, 0.3) is 5.91 Å². The summed E-state index contributed by atoms with van der Waals surface area (Å²) in [6.45, 7) is 2.94. The average Bonchev–Trinajstić information content (AvgIpc) is 3.11. The van der Waals surface area contributed by atoms with Gasteiger partial charge in [-0.15, -0.1) is 0 Å². The first-order valence-corrected chi connectivity index (χ1v) is 6.90. The molecule has 1 N–H and O–H groups in total. The smallest absolute Gasteiger partial charge is 0.310 e. The Labute approximate surface area is 122 Å². The van der Waals surface area contributed by atoms with Crippen LogP contribution in [0, 0.1) is 11.8 Å². The molecule has 2 atom stereocenters. The number of aromatic nitrogens is 2. The Hall–Kier alpha value is -2.37. The molecule has 1 aromatic heterocycles. The van der Waals surface area contributed by atoms with Gasteiger partial charge >= 0.3 is 5.97 Å². The highest BCUT2D eigenvalue weighted by Crippen LogP contribution is 2.26. The number of fused-ring (bicyclic) bond motifs is 1. The quantitative estimate of drug-likeness (QED) is 0.848. The van der Waals surface area contributed by atoms with Gasteiger partial charge in [-0.3, -0.25) is 9.59 Å². The number of benzene rings is 1. The molecule has 6 heteroatoms. The van der Waals surface area contributed by atoms with Crippen molar-refractivity contribution in [2.45, 2.75) is 6.92 Å². The average molecular weight is 287 g/mol. The van der Waals surface area contributed by atoms with Crippen LogP contribution in [0.1, 0.15) is 17.3 Å². The lowest BCUT2D eigenvalue weighted by molar-refractivity contribution is -0.146. The van der Waals surface area contributed by atoms with Crippen molar-refractivity contribution in [2.75, 3.05) is 20.2 Å². The molecule has 3 rings (SSSR count). The van der Waals surface area contributed by atoms with E-state index in [0.717, 1.165) is 11.0 Å². The van der Waals surface area contributed by atoms with E-state index in [9.17, 15) is 9.59 Å². The van der Waals surface area contributed by atoms with Gasteiger partial charge in [0, 0.05) is 18.7 Å². The summed E-state index contributed by atoms with van der Waals surface area (Å²) < 4.78 is 4.80. The van der Waals surface area contributed by atoms with Crippen molar-refractivity contribution in [1.82, 2.24) is 14.9 Å². The predicted octanol–water partition coefficient (Wildman–Crippen LogP) is 1.44. The number of likely N-dealkylation sites (tertiary alicyclic amines) is 1. The minimum absolute atomic E-state index is 0.0650. The van der Waals surface area contributed by atoms with E-state index in [1.165, 1.54) is 7.11 Å². The molecule has 0 spiro atoms. The van der Waals surface area contributed by atoms with Gasteiger partial charge in [-0.25, -0.2) is 4.98 Å². The summed E-state index contributed by atoms with van der Waals surface area (Å²) in [5, 5.41) is 0. The van der Waals surface area contributed by atoms with E-state index in [1.54, 1.807) is 23.4 Å². The molecular weight excluding hydrogens is 270 g/mol. The van der Waals surface area contributed by atoms with Crippen molar-refractivity contribution < 1.29 is 14.3 Å². The monoisotopic (exact) mass is 287 g/mol. The Morgan fingerprint density at radius 2 is 2.19 bits per heavy atom. The maximum atomic E-state index is 12.6. The maximum absolute atomic E-state index is 12.6. The minimum Gasteiger partial charge on any atom is -0.469 e. The number of ether oxygens (including phenoxy) is 1. The maximum Gasteiger partial charge on any atom is 0.310 e. The Balaban J connectivity index is 1.80.